The molecule has 4 nitrogen and oxygen atoms in total. The summed E-state index contributed by atoms with van der Waals surface area (Å²) < 4.78 is 1.65. The van der Waals surface area contributed by atoms with E-state index in [0.29, 0.717) is 15.7 Å². The Morgan fingerprint density at radius 3 is 2.80 bits per heavy atom. The van der Waals surface area contributed by atoms with E-state index in [0.717, 1.165) is 8.68 Å². The molecule has 2 rings (SSSR count). The van der Waals surface area contributed by atoms with Gasteiger partial charge in [-0.05, 0) is 18.4 Å². The van der Waals surface area contributed by atoms with Gasteiger partial charge in [0.2, 0.25) is 5.91 Å². The quantitative estimate of drug-likeness (QED) is 0.800. The second-order valence-corrected chi connectivity index (χ2v) is 7.51. The molecule has 0 aliphatic carbocycles. The van der Waals surface area contributed by atoms with Crippen LogP contribution in [0.3, 0.4) is 0 Å². The Balaban J connectivity index is 1.91. The monoisotopic (exact) mass is 365 g/mol. The molecule has 0 saturated heterocycles. The number of carbonyl (C=O) groups is 1. The lowest BCUT2D eigenvalue weighted by Crippen LogP contribution is -2.14. The number of rotatable bonds is 5. The van der Waals surface area contributed by atoms with Crippen LogP contribution in [0, 0.1) is 0 Å². The third-order valence-corrected chi connectivity index (χ3v) is 5.97. The molecule has 0 aliphatic heterocycles. The molecule has 0 spiro atoms. The Morgan fingerprint density at radius 1 is 1.35 bits per heavy atom. The highest BCUT2D eigenvalue weighted by molar-refractivity contribution is 8.03. The van der Waals surface area contributed by atoms with Gasteiger partial charge in [-0.2, -0.15) is 0 Å². The fourth-order valence-electron chi connectivity index (χ4n) is 1.25. The molecule has 0 unspecified atom stereocenters. The van der Waals surface area contributed by atoms with Crippen molar-refractivity contribution in [3.63, 3.8) is 0 Å². The molecule has 20 heavy (non-hydrogen) atoms. The third-order valence-electron chi connectivity index (χ3n) is 2.11. The minimum atomic E-state index is -0.167. The van der Waals surface area contributed by atoms with E-state index >= 15 is 0 Å². The van der Waals surface area contributed by atoms with Crippen molar-refractivity contribution >= 4 is 69.7 Å². The fourth-order valence-corrected chi connectivity index (χ4v) is 3.84. The first-order valence-electron chi connectivity index (χ1n) is 5.34. The molecule has 1 amide bonds. The Labute approximate surface area is 138 Å². The van der Waals surface area contributed by atoms with Crippen LogP contribution in [0.5, 0.6) is 0 Å². The first-order chi connectivity index (χ1) is 9.60. The number of amides is 1. The predicted molar refractivity (Wildman–Crippen MR) is 87.5 cm³/mol. The molecule has 2 aromatic rings. The first-order valence-corrected chi connectivity index (χ1v) is 9.12. The van der Waals surface area contributed by atoms with Gasteiger partial charge >= 0.3 is 0 Å². The van der Waals surface area contributed by atoms with Gasteiger partial charge in [-0.25, -0.2) is 0 Å². The van der Waals surface area contributed by atoms with E-state index in [1.54, 1.807) is 18.2 Å². The van der Waals surface area contributed by atoms with Crippen LogP contribution in [0.15, 0.2) is 26.9 Å². The molecule has 0 fully saturated rings. The highest BCUT2D eigenvalue weighted by Gasteiger charge is 2.10. The van der Waals surface area contributed by atoms with E-state index < -0.39 is 0 Å². The predicted octanol–water partition coefficient (Wildman–Crippen LogP) is 4.30. The number of nitrogens with one attached hydrogen (secondary N) is 1. The van der Waals surface area contributed by atoms with Crippen molar-refractivity contribution in [3.05, 3.63) is 28.2 Å². The molecule has 9 heteroatoms. The number of aromatic nitrogens is 2. The number of carbonyl (C=O) groups excluding carboxylic acids is 1. The maximum atomic E-state index is 11.8. The summed E-state index contributed by atoms with van der Waals surface area (Å²) in [5, 5.41) is 11.4. The summed E-state index contributed by atoms with van der Waals surface area (Å²) in [7, 11) is 0. The minimum Gasteiger partial charge on any atom is -0.324 e. The average Bonchev–Trinajstić information content (AvgIpc) is 2.90. The number of thioether (sulfide) groups is 2. The average molecular weight is 366 g/mol. The van der Waals surface area contributed by atoms with Gasteiger partial charge in [0.1, 0.15) is 0 Å². The van der Waals surface area contributed by atoms with E-state index in [9.17, 15) is 4.79 Å². The zero-order valence-corrected chi connectivity index (χ0v) is 14.2. The van der Waals surface area contributed by atoms with Gasteiger partial charge in [-0.3, -0.25) is 4.79 Å². The van der Waals surface area contributed by atoms with Crippen molar-refractivity contribution in [2.24, 2.45) is 0 Å². The molecule has 0 saturated carbocycles. The van der Waals surface area contributed by atoms with Gasteiger partial charge in [0.15, 0.2) is 8.68 Å². The van der Waals surface area contributed by atoms with Gasteiger partial charge in [0.25, 0.3) is 0 Å². The number of hydrogen-bond acceptors (Lipinski definition) is 6. The molecule has 1 N–H and O–H groups in total. The Morgan fingerprint density at radius 2 is 2.10 bits per heavy atom. The molecule has 1 aromatic carbocycles. The minimum absolute atomic E-state index is 0.167. The zero-order chi connectivity index (χ0) is 14.5. The SMILES string of the molecule is CSc1nnc(SCC(=O)Nc2cccc(Cl)c2Cl)s1. The number of halogens is 2. The van der Waals surface area contributed by atoms with Crippen LogP contribution in [-0.4, -0.2) is 28.1 Å². The fraction of sp³-hybridized carbons (Fsp3) is 0.182. The summed E-state index contributed by atoms with van der Waals surface area (Å²) in [4.78, 5) is 11.8. The van der Waals surface area contributed by atoms with Crippen molar-refractivity contribution in [3.8, 4) is 0 Å². The smallest absolute Gasteiger partial charge is 0.234 e. The van der Waals surface area contributed by atoms with Gasteiger partial charge in [-0.15, -0.1) is 10.2 Å². The molecule has 0 aliphatic rings. The highest BCUT2D eigenvalue weighted by atomic mass is 35.5. The van der Waals surface area contributed by atoms with E-state index in [4.69, 9.17) is 23.2 Å². The van der Waals surface area contributed by atoms with Crippen LogP contribution in [0.4, 0.5) is 5.69 Å². The lowest BCUT2D eigenvalue weighted by atomic mass is 10.3. The van der Waals surface area contributed by atoms with E-state index in [2.05, 4.69) is 15.5 Å². The van der Waals surface area contributed by atoms with E-state index in [-0.39, 0.29) is 11.7 Å². The van der Waals surface area contributed by atoms with Crippen LogP contribution in [0.2, 0.25) is 10.0 Å². The zero-order valence-electron chi connectivity index (χ0n) is 10.2. The molecule has 0 bridgehead atoms. The van der Waals surface area contributed by atoms with Gasteiger partial charge in [0.05, 0.1) is 21.5 Å². The summed E-state index contributed by atoms with van der Waals surface area (Å²) in [5.74, 6) is 0.0753. The molecule has 1 heterocycles. The first kappa shape index (κ1) is 15.9. The van der Waals surface area contributed by atoms with E-state index in [1.807, 2.05) is 6.26 Å². The number of benzene rings is 1. The number of hydrogen-bond donors (Lipinski definition) is 1. The maximum absolute atomic E-state index is 11.8. The number of anilines is 1. The Bertz CT molecular complexity index is 621. The van der Waals surface area contributed by atoms with Crippen LogP contribution in [0.1, 0.15) is 0 Å². The summed E-state index contributed by atoms with van der Waals surface area (Å²) in [6.45, 7) is 0. The maximum Gasteiger partial charge on any atom is 0.234 e. The molecular weight excluding hydrogens is 357 g/mol. The van der Waals surface area contributed by atoms with Gasteiger partial charge in [-0.1, -0.05) is 64.1 Å². The Hall–Kier alpha value is -0.470. The topological polar surface area (TPSA) is 54.9 Å². The molecule has 0 radical (unpaired) electrons. The molecule has 1 aromatic heterocycles. The van der Waals surface area contributed by atoms with Gasteiger partial charge in [0, 0.05) is 0 Å². The number of nitrogens with zero attached hydrogens (tertiary/aromatic N) is 2. The summed E-state index contributed by atoms with van der Waals surface area (Å²) in [6.07, 6.45) is 1.93. The van der Waals surface area contributed by atoms with Crippen LogP contribution >= 0.6 is 58.1 Å². The van der Waals surface area contributed by atoms with Gasteiger partial charge < -0.3 is 5.32 Å². The Kier molecular flexibility index (Phi) is 5.98. The molecular formula is C11H9Cl2N3OS3. The van der Waals surface area contributed by atoms with Crippen LogP contribution < -0.4 is 5.32 Å². The van der Waals surface area contributed by atoms with Crippen molar-refractivity contribution in [1.29, 1.82) is 0 Å². The second kappa shape index (κ2) is 7.51. The van der Waals surface area contributed by atoms with Crippen molar-refractivity contribution in [2.45, 2.75) is 8.68 Å². The lowest BCUT2D eigenvalue weighted by molar-refractivity contribution is -0.113. The van der Waals surface area contributed by atoms with Crippen LogP contribution in [-0.2, 0) is 4.79 Å². The van der Waals surface area contributed by atoms with Crippen molar-refractivity contribution < 1.29 is 4.79 Å². The summed E-state index contributed by atoms with van der Waals surface area (Å²) in [5.41, 5.74) is 0.506. The van der Waals surface area contributed by atoms with Crippen molar-refractivity contribution in [1.82, 2.24) is 10.2 Å². The standard InChI is InChI=1S/C11H9Cl2N3OS3/c1-18-10-15-16-11(20-10)19-5-8(17)14-7-4-2-3-6(12)9(7)13/h2-4H,5H2,1H3,(H,14,17). The highest BCUT2D eigenvalue weighted by Crippen LogP contribution is 2.30. The molecule has 0 atom stereocenters. The van der Waals surface area contributed by atoms with Crippen LogP contribution in [0.25, 0.3) is 0 Å². The van der Waals surface area contributed by atoms with E-state index in [1.165, 1.54) is 34.9 Å². The third kappa shape index (κ3) is 4.26. The summed E-state index contributed by atoms with van der Waals surface area (Å²) in [6, 6.07) is 5.10. The molecule has 106 valence electrons. The second-order valence-electron chi connectivity index (χ2n) is 3.48. The normalized spacial score (nSPS) is 10.6. The summed E-state index contributed by atoms with van der Waals surface area (Å²) >= 11 is 16.2. The lowest BCUT2D eigenvalue weighted by Gasteiger charge is -2.07. The largest absolute Gasteiger partial charge is 0.324 e. The van der Waals surface area contributed by atoms with Crippen molar-refractivity contribution in [2.75, 3.05) is 17.3 Å².